The Morgan fingerprint density at radius 1 is 1.36 bits per heavy atom. The molecular weight excluding hydrogens is 447 g/mol. The number of aryl methyl sites for hydroxylation is 1. The molecule has 2 atom stereocenters. The average molecular weight is 475 g/mol. The third-order valence-electron chi connectivity index (χ3n) is 5.81. The van der Waals surface area contributed by atoms with Crippen LogP contribution < -0.4 is 10.5 Å². The maximum absolute atomic E-state index is 14.5. The van der Waals surface area contributed by atoms with Crippen LogP contribution in [0, 0.1) is 6.92 Å². The number of rotatable bonds is 6. The fourth-order valence-electron chi connectivity index (χ4n) is 4.12. The maximum atomic E-state index is 14.5. The number of alkyl halides is 2. The third kappa shape index (κ3) is 4.99. The second kappa shape index (κ2) is 9.31. The largest absolute Gasteiger partial charge is 0.375 e. The quantitative estimate of drug-likeness (QED) is 0.511. The van der Waals surface area contributed by atoms with E-state index in [4.69, 9.17) is 4.74 Å². The van der Waals surface area contributed by atoms with E-state index in [1.807, 2.05) is 24.9 Å². The van der Waals surface area contributed by atoms with Gasteiger partial charge in [0.15, 0.2) is 0 Å². The van der Waals surface area contributed by atoms with Gasteiger partial charge in [0.05, 0.1) is 18.9 Å². The van der Waals surface area contributed by atoms with Gasteiger partial charge in [-0.25, -0.2) is 4.98 Å². The van der Waals surface area contributed by atoms with E-state index in [9.17, 15) is 13.6 Å². The lowest BCUT2D eigenvalue weighted by molar-refractivity contribution is 0.0528. The highest BCUT2D eigenvalue weighted by Crippen LogP contribution is 2.40. The van der Waals surface area contributed by atoms with Gasteiger partial charge >= 0.3 is 0 Å². The number of hydrogen-bond acceptors (Lipinski definition) is 5. The molecule has 7 nitrogen and oxygen atoms in total. The molecule has 1 aliphatic heterocycles. The van der Waals surface area contributed by atoms with Crippen LogP contribution in [-0.4, -0.2) is 45.1 Å². The van der Waals surface area contributed by atoms with Crippen molar-refractivity contribution in [2.24, 2.45) is 0 Å². The van der Waals surface area contributed by atoms with E-state index in [2.05, 4.69) is 10.1 Å². The van der Waals surface area contributed by atoms with Gasteiger partial charge in [-0.05, 0) is 38.5 Å². The summed E-state index contributed by atoms with van der Waals surface area (Å²) in [6, 6.07) is 4.78. The molecule has 0 bridgehead atoms. The van der Waals surface area contributed by atoms with Crippen molar-refractivity contribution >= 4 is 15.1 Å². The molecule has 1 aliphatic rings. The van der Waals surface area contributed by atoms with Crippen LogP contribution in [0.15, 0.2) is 41.6 Å². The Hall–Kier alpha value is -2.64. The smallest absolute Gasteiger partial charge is 0.284 e. The zero-order valence-corrected chi connectivity index (χ0v) is 20.1. The molecule has 0 radical (unpaired) electrons. The van der Waals surface area contributed by atoms with Crippen molar-refractivity contribution in [3.8, 4) is 5.82 Å². The van der Waals surface area contributed by atoms with Crippen LogP contribution >= 0.6 is 9.24 Å². The fourth-order valence-corrected chi connectivity index (χ4v) is 4.42. The Labute approximate surface area is 193 Å². The summed E-state index contributed by atoms with van der Waals surface area (Å²) in [5, 5.41) is 4.25. The number of nitrogens with zero attached hydrogens (tertiary/aromatic N) is 5. The number of hydrogen-bond donors (Lipinski definition) is 0. The van der Waals surface area contributed by atoms with Crippen LogP contribution in [-0.2, 0) is 23.4 Å². The lowest BCUT2D eigenvalue weighted by Gasteiger charge is -2.34. The Morgan fingerprint density at radius 3 is 2.82 bits per heavy atom. The van der Waals surface area contributed by atoms with Crippen molar-refractivity contribution < 1.29 is 13.5 Å². The SMILES string of the molecule is CCn1cc(Cc2cccn(-c3cc(C(F)(F)P)c(C)c(N4CCO[C@H](C)C4)n3)c2=O)cn1. The first-order valence-electron chi connectivity index (χ1n) is 10.9. The molecule has 0 spiro atoms. The minimum Gasteiger partial charge on any atom is -0.375 e. The number of morpholine rings is 1. The molecule has 0 aromatic carbocycles. The Balaban J connectivity index is 1.79. The van der Waals surface area contributed by atoms with Gasteiger partial charge in [-0.2, -0.15) is 13.9 Å². The summed E-state index contributed by atoms with van der Waals surface area (Å²) in [5.41, 5.74) is -1.79. The molecule has 4 heterocycles. The predicted octanol–water partition coefficient (Wildman–Crippen LogP) is 3.50. The normalized spacial score (nSPS) is 16.9. The lowest BCUT2D eigenvalue weighted by Crippen LogP contribution is -2.42. The molecule has 10 heteroatoms. The van der Waals surface area contributed by atoms with E-state index < -0.39 is 5.66 Å². The average Bonchev–Trinajstić information content (AvgIpc) is 3.22. The first-order chi connectivity index (χ1) is 15.7. The van der Waals surface area contributed by atoms with Gasteiger partial charge in [-0.3, -0.25) is 14.0 Å². The number of ether oxygens (including phenoxy) is 1. The Morgan fingerprint density at radius 2 is 2.15 bits per heavy atom. The topological polar surface area (TPSA) is 65.2 Å². The predicted molar refractivity (Wildman–Crippen MR) is 127 cm³/mol. The standard InChI is InChI=1S/C23H28F2N5O2P/c1-4-29-14-17(12-26-29)10-18-6-5-7-30(22(18)31)20-11-19(23(24,25)33)16(3)21(27-20)28-8-9-32-15(2)13-28/h5-7,11-12,14-15H,4,8-10,13,33H2,1-3H3/t15-/m1/s1. The summed E-state index contributed by atoms with van der Waals surface area (Å²) in [6.07, 6.45) is 5.54. The zero-order chi connectivity index (χ0) is 23.8. The molecule has 3 aromatic rings. The van der Waals surface area contributed by atoms with Crippen molar-refractivity contribution in [1.82, 2.24) is 19.3 Å². The van der Waals surface area contributed by atoms with Crippen LogP contribution in [0.2, 0.25) is 0 Å². The van der Waals surface area contributed by atoms with E-state index in [-0.39, 0.29) is 23.0 Å². The molecule has 1 saturated heterocycles. The Bertz CT molecular complexity index is 1200. The van der Waals surface area contributed by atoms with Gasteiger partial charge in [0.1, 0.15) is 11.6 Å². The van der Waals surface area contributed by atoms with E-state index in [0.717, 1.165) is 12.1 Å². The number of halogens is 2. The fraction of sp³-hybridized carbons (Fsp3) is 0.435. The van der Waals surface area contributed by atoms with E-state index in [0.29, 0.717) is 43.1 Å². The molecule has 1 unspecified atom stereocenters. The molecule has 0 amide bonds. The molecule has 1 fully saturated rings. The molecule has 0 saturated carbocycles. The molecule has 0 aliphatic carbocycles. The minimum atomic E-state index is -3.16. The lowest BCUT2D eigenvalue weighted by atomic mass is 10.1. The summed E-state index contributed by atoms with van der Waals surface area (Å²) in [7, 11) is 1.59. The zero-order valence-electron chi connectivity index (χ0n) is 19.0. The summed E-state index contributed by atoms with van der Waals surface area (Å²) in [5.74, 6) is 0.615. The third-order valence-corrected chi connectivity index (χ3v) is 6.12. The number of aromatic nitrogens is 4. The molecule has 33 heavy (non-hydrogen) atoms. The van der Waals surface area contributed by atoms with Crippen molar-refractivity contribution in [2.45, 2.75) is 45.5 Å². The first kappa shape index (κ1) is 23.5. The number of anilines is 1. The highest BCUT2D eigenvalue weighted by molar-refractivity contribution is 7.17. The van der Waals surface area contributed by atoms with Crippen LogP contribution in [0.4, 0.5) is 14.6 Å². The van der Waals surface area contributed by atoms with Gasteiger partial charge in [0, 0.05) is 55.1 Å². The van der Waals surface area contributed by atoms with E-state index >= 15 is 0 Å². The monoisotopic (exact) mass is 475 g/mol. The second-order valence-electron chi connectivity index (χ2n) is 8.32. The van der Waals surface area contributed by atoms with Crippen molar-refractivity contribution in [1.29, 1.82) is 0 Å². The van der Waals surface area contributed by atoms with Crippen LogP contribution in [0.25, 0.3) is 5.82 Å². The van der Waals surface area contributed by atoms with Gasteiger partial charge in [0.2, 0.25) is 0 Å². The van der Waals surface area contributed by atoms with Crippen molar-refractivity contribution in [3.05, 3.63) is 69.4 Å². The summed E-state index contributed by atoms with van der Waals surface area (Å²) in [4.78, 5) is 19.9. The van der Waals surface area contributed by atoms with Crippen LogP contribution in [0.3, 0.4) is 0 Å². The van der Waals surface area contributed by atoms with Gasteiger partial charge in [-0.15, -0.1) is 0 Å². The van der Waals surface area contributed by atoms with E-state index in [1.54, 1.807) is 45.4 Å². The first-order valence-corrected chi connectivity index (χ1v) is 11.5. The number of pyridine rings is 2. The summed E-state index contributed by atoms with van der Waals surface area (Å²) < 4.78 is 37.8. The van der Waals surface area contributed by atoms with Crippen molar-refractivity contribution in [2.75, 3.05) is 24.6 Å². The van der Waals surface area contributed by atoms with Gasteiger partial charge in [0.25, 0.3) is 11.2 Å². The van der Waals surface area contributed by atoms with E-state index in [1.165, 1.54) is 10.6 Å². The van der Waals surface area contributed by atoms with Gasteiger partial charge in [-0.1, -0.05) is 15.3 Å². The van der Waals surface area contributed by atoms with Crippen LogP contribution in [0.1, 0.15) is 36.1 Å². The summed E-state index contributed by atoms with van der Waals surface area (Å²) in [6.45, 7) is 7.87. The second-order valence-corrected chi connectivity index (χ2v) is 9.04. The molecule has 0 N–H and O–H groups in total. The molecular formula is C23H28F2N5O2P. The van der Waals surface area contributed by atoms with Crippen molar-refractivity contribution in [3.63, 3.8) is 0 Å². The summed E-state index contributed by atoms with van der Waals surface area (Å²) >= 11 is 0. The minimum absolute atomic E-state index is 0.0429. The molecule has 176 valence electrons. The maximum Gasteiger partial charge on any atom is 0.284 e. The molecule has 4 rings (SSSR count). The molecule has 3 aromatic heterocycles. The highest BCUT2D eigenvalue weighted by Gasteiger charge is 2.31. The van der Waals surface area contributed by atoms with Crippen LogP contribution in [0.5, 0.6) is 0 Å². The highest BCUT2D eigenvalue weighted by atomic mass is 31.0. The van der Waals surface area contributed by atoms with Gasteiger partial charge < -0.3 is 9.64 Å². The Kier molecular flexibility index (Phi) is 6.64.